The first-order chi connectivity index (χ1) is 8.73. The number of rotatable bonds is 6. The predicted molar refractivity (Wildman–Crippen MR) is 78.0 cm³/mol. The topological polar surface area (TPSA) is 66.6 Å². The molecule has 0 bridgehead atoms. The van der Waals surface area contributed by atoms with Crippen molar-refractivity contribution in [3.63, 3.8) is 0 Å². The standard InChI is InChI=1S/C13H19BrN2O3/c1-4-15(9-13(2,3)17)8-10-5-6-11(14)12(7-10)16(18)19/h5-7,17H,4,8-9H2,1-3H3. The summed E-state index contributed by atoms with van der Waals surface area (Å²) in [4.78, 5) is 12.5. The van der Waals surface area contributed by atoms with E-state index in [0.29, 0.717) is 17.6 Å². The normalized spacial score (nSPS) is 11.9. The molecule has 1 rings (SSSR count). The Balaban J connectivity index is 2.86. The van der Waals surface area contributed by atoms with Crippen molar-refractivity contribution < 1.29 is 10.0 Å². The van der Waals surface area contributed by atoms with E-state index < -0.39 is 10.5 Å². The molecule has 1 aromatic carbocycles. The van der Waals surface area contributed by atoms with E-state index in [1.54, 1.807) is 26.0 Å². The summed E-state index contributed by atoms with van der Waals surface area (Å²) in [7, 11) is 0. The molecule has 0 atom stereocenters. The average molecular weight is 331 g/mol. The van der Waals surface area contributed by atoms with E-state index in [4.69, 9.17) is 0 Å². The Hall–Kier alpha value is -0.980. The van der Waals surface area contributed by atoms with E-state index >= 15 is 0 Å². The molecule has 0 fully saturated rings. The molecule has 0 aliphatic carbocycles. The van der Waals surface area contributed by atoms with Crippen LogP contribution in [0.1, 0.15) is 26.3 Å². The van der Waals surface area contributed by atoms with Crippen LogP contribution in [0.15, 0.2) is 22.7 Å². The number of likely N-dealkylation sites (N-methyl/N-ethyl adjacent to an activating group) is 1. The lowest BCUT2D eigenvalue weighted by molar-refractivity contribution is -0.385. The van der Waals surface area contributed by atoms with Crippen LogP contribution in [0.25, 0.3) is 0 Å². The summed E-state index contributed by atoms with van der Waals surface area (Å²) in [6.07, 6.45) is 0. The zero-order valence-corrected chi connectivity index (χ0v) is 13.0. The number of aliphatic hydroxyl groups is 1. The fourth-order valence-electron chi connectivity index (χ4n) is 1.88. The lowest BCUT2D eigenvalue weighted by Crippen LogP contribution is -2.38. The van der Waals surface area contributed by atoms with Gasteiger partial charge in [0.15, 0.2) is 0 Å². The largest absolute Gasteiger partial charge is 0.389 e. The third-order valence-corrected chi connectivity index (χ3v) is 3.34. The predicted octanol–water partition coefficient (Wildman–Crippen LogP) is 2.95. The fourth-order valence-corrected chi connectivity index (χ4v) is 2.27. The van der Waals surface area contributed by atoms with Gasteiger partial charge >= 0.3 is 0 Å². The number of nitrogens with zero attached hydrogens (tertiary/aromatic N) is 2. The summed E-state index contributed by atoms with van der Waals surface area (Å²) in [5.41, 5.74) is 0.148. The molecule has 0 amide bonds. The lowest BCUT2D eigenvalue weighted by Gasteiger charge is -2.27. The molecular weight excluding hydrogens is 312 g/mol. The van der Waals surface area contributed by atoms with Crippen molar-refractivity contribution >= 4 is 21.6 Å². The molecule has 19 heavy (non-hydrogen) atoms. The first-order valence-corrected chi connectivity index (χ1v) is 6.90. The molecule has 0 aliphatic rings. The summed E-state index contributed by atoms with van der Waals surface area (Å²) in [5, 5.41) is 20.7. The van der Waals surface area contributed by atoms with Crippen LogP contribution in [0.3, 0.4) is 0 Å². The third kappa shape index (κ3) is 5.26. The van der Waals surface area contributed by atoms with E-state index in [1.807, 2.05) is 17.9 Å². The molecule has 6 heteroatoms. The average Bonchev–Trinajstić information content (AvgIpc) is 2.28. The van der Waals surface area contributed by atoms with Gasteiger partial charge in [0.25, 0.3) is 5.69 Å². The van der Waals surface area contributed by atoms with Gasteiger partial charge in [0.05, 0.1) is 15.0 Å². The van der Waals surface area contributed by atoms with Gasteiger partial charge in [-0.25, -0.2) is 0 Å². The van der Waals surface area contributed by atoms with E-state index in [-0.39, 0.29) is 5.69 Å². The summed E-state index contributed by atoms with van der Waals surface area (Å²) in [6, 6.07) is 5.10. The van der Waals surface area contributed by atoms with E-state index in [2.05, 4.69) is 15.9 Å². The van der Waals surface area contributed by atoms with Crippen LogP contribution < -0.4 is 0 Å². The molecule has 0 aliphatic heterocycles. The van der Waals surface area contributed by atoms with Crippen molar-refractivity contribution in [1.82, 2.24) is 4.90 Å². The van der Waals surface area contributed by atoms with Crippen molar-refractivity contribution in [3.05, 3.63) is 38.3 Å². The number of halogens is 1. The minimum atomic E-state index is -0.780. The van der Waals surface area contributed by atoms with Gasteiger partial charge in [-0.3, -0.25) is 15.0 Å². The minimum Gasteiger partial charge on any atom is -0.389 e. The van der Waals surface area contributed by atoms with E-state index in [9.17, 15) is 15.2 Å². The molecule has 0 saturated heterocycles. The Bertz CT molecular complexity index is 458. The summed E-state index contributed by atoms with van der Waals surface area (Å²) >= 11 is 3.17. The molecule has 0 aromatic heterocycles. The number of hydrogen-bond acceptors (Lipinski definition) is 4. The van der Waals surface area contributed by atoms with Gasteiger partial charge in [-0.1, -0.05) is 13.0 Å². The fraction of sp³-hybridized carbons (Fsp3) is 0.538. The van der Waals surface area contributed by atoms with Crippen LogP contribution in [0, 0.1) is 10.1 Å². The second-order valence-electron chi connectivity index (χ2n) is 5.16. The lowest BCUT2D eigenvalue weighted by atomic mass is 10.1. The van der Waals surface area contributed by atoms with Crippen molar-refractivity contribution in [3.8, 4) is 0 Å². The zero-order valence-electron chi connectivity index (χ0n) is 11.4. The molecular formula is C13H19BrN2O3. The maximum atomic E-state index is 10.9. The highest BCUT2D eigenvalue weighted by molar-refractivity contribution is 9.10. The minimum absolute atomic E-state index is 0.0665. The number of hydrogen-bond donors (Lipinski definition) is 1. The molecule has 0 radical (unpaired) electrons. The van der Waals surface area contributed by atoms with E-state index in [1.165, 1.54) is 0 Å². The van der Waals surface area contributed by atoms with Crippen molar-refractivity contribution in [2.24, 2.45) is 0 Å². The Morgan fingerprint density at radius 1 is 1.47 bits per heavy atom. The Morgan fingerprint density at radius 3 is 2.58 bits per heavy atom. The van der Waals surface area contributed by atoms with Gasteiger partial charge < -0.3 is 5.11 Å². The molecule has 0 heterocycles. The molecule has 0 spiro atoms. The van der Waals surface area contributed by atoms with Gasteiger partial charge in [0.1, 0.15) is 0 Å². The zero-order chi connectivity index (χ0) is 14.6. The molecule has 106 valence electrons. The Labute approximate surface area is 121 Å². The smallest absolute Gasteiger partial charge is 0.283 e. The molecule has 1 N–H and O–H groups in total. The first kappa shape index (κ1) is 16.1. The Morgan fingerprint density at radius 2 is 2.11 bits per heavy atom. The van der Waals surface area contributed by atoms with Crippen LogP contribution in [0.2, 0.25) is 0 Å². The molecule has 0 saturated carbocycles. The Kier molecular flexibility index (Phi) is 5.46. The summed E-state index contributed by atoms with van der Waals surface area (Å²) < 4.78 is 0.479. The third-order valence-electron chi connectivity index (χ3n) is 2.67. The maximum absolute atomic E-state index is 10.9. The SMILES string of the molecule is CCN(Cc1ccc(Br)c([N+](=O)[O-])c1)CC(C)(C)O. The van der Waals surface area contributed by atoms with Crippen LogP contribution in [0.5, 0.6) is 0 Å². The van der Waals surface area contributed by atoms with Crippen LogP contribution in [-0.4, -0.2) is 33.6 Å². The van der Waals surface area contributed by atoms with Gasteiger partial charge in [0, 0.05) is 19.2 Å². The van der Waals surface area contributed by atoms with Crippen molar-refractivity contribution in [1.29, 1.82) is 0 Å². The second-order valence-corrected chi connectivity index (χ2v) is 6.01. The maximum Gasteiger partial charge on any atom is 0.283 e. The summed E-state index contributed by atoms with van der Waals surface area (Å²) in [5.74, 6) is 0. The van der Waals surface area contributed by atoms with Crippen LogP contribution >= 0.6 is 15.9 Å². The van der Waals surface area contributed by atoms with Gasteiger partial charge in [-0.2, -0.15) is 0 Å². The monoisotopic (exact) mass is 330 g/mol. The van der Waals surface area contributed by atoms with Crippen molar-refractivity contribution in [2.75, 3.05) is 13.1 Å². The quantitative estimate of drug-likeness (QED) is 0.643. The van der Waals surface area contributed by atoms with E-state index in [0.717, 1.165) is 12.1 Å². The number of benzene rings is 1. The van der Waals surface area contributed by atoms with Gasteiger partial charge in [-0.05, 0) is 48.0 Å². The summed E-state index contributed by atoms with van der Waals surface area (Å²) in [6.45, 7) is 7.37. The first-order valence-electron chi connectivity index (χ1n) is 6.10. The van der Waals surface area contributed by atoms with Gasteiger partial charge in [0.2, 0.25) is 0 Å². The highest BCUT2D eigenvalue weighted by Gasteiger charge is 2.18. The second kappa shape index (κ2) is 6.45. The number of nitro benzene ring substituents is 1. The highest BCUT2D eigenvalue weighted by atomic mass is 79.9. The highest BCUT2D eigenvalue weighted by Crippen LogP contribution is 2.26. The van der Waals surface area contributed by atoms with Crippen molar-refractivity contribution in [2.45, 2.75) is 32.9 Å². The van der Waals surface area contributed by atoms with Crippen LogP contribution in [0.4, 0.5) is 5.69 Å². The molecule has 5 nitrogen and oxygen atoms in total. The molecule has 0 unspecified atom stereocenters. The van der Waals surface area contributed by atoms with Crippen LogP contribution in [-0.2, 0) is 6.54 Å². The molecule has 1 aromatic rings. The number of nitro groups is 1. The van der Waals surface area contributed by atoms with Gasteiger partial charge in [-0.15, -0.1) is 0 Å².